The molecule has 16 heavy (non-hydrogen) atoms. The summed E-state index contributed by atoms with van der Waals surface area (Å²) in [6.45, 7) is 7.27. The Bertz CT molecular complexity index is 211. The van der Waals surface area contributed by atoms with Crippen molar-refractivity contribution in [3.8, 4) is 0 Å². The van der Waals surface area contributed by atoms with E-state index in [1.165, 1.54) is 51.6 Å². The molecule has 0 radical (unpaired) electrons. The van der Waals surface area contributed by atoms with E-state index in [0.29, 0.717) is 6.04 Å². The Labute approximate surface area is 101 Å². The summed E-state index contributed by atoms with van der Waals surface area (Å²) in [6, 6.07) is 1.40. The van der Waals surface area contributed by atoms with Crippen LogP contribution in [0.3, 0.4) is 0 Å². The quantitative estimate of drug-likeness (QED) is 0.778. The van der Waals surface area contributed by atoms with Crippen LogP contribution in [0.1, 0.15) is 52.4 Å². The molecule has 2 aliphatic rings. The number of hydrogen-bond donors (Lipinski definition) is 1. The minimum atomic E-state index is 0.485. The smallest absolute Gasteiger partial charge is 0.00966 e. The molecule has 0 aliphatic heterocycles. The lowest BCUT2D eigenvalue weighted by atomic mass is 9.85. The van der Waals surface area contributed by atoms with Crippen molar-refractivity contribution in [1.82, 2.24) is 4.90 Å². The minimum absolute atomic E-state index is 0.485. The first-order valence-electron chi connectivity index (χ1n) is 7.14. The van der Waals surface area contributed by atoms with Gasteiger partial charge in [0, 0.05) is 25.2 Å². The zero-order valence-electron chi connectivity index (χ0n) is 11.0. The standard InChI is InChI=1S/C14H28N2/c1-11(2)9-16(14-6-7-14)10-12-4-3-5-13(15)8-12/h11-14H,3-10,15H2,1-2H3. The predicted octanol–water partition coefficient (Wildman–Crippen LogP) is 2.62. The van der Waals surface area contributed by atoms with Crippen LogP contribution >= 0.6 is 0 Å². The van der Waals surface area contributed by atoms with Gasteiger partial charge in [0.05, 0.1) is 0 Å². The van der Waals surface area contributed by atoms with Crippen LogP contribution < -0.4 is 5.73 Å². The van der Waals surface area contributed by atoms with Crippen LogP contribution in [-0.4, -0.2) is 30.1 Å². The van der Waals surface area contributed by atoms with Gasteiger partial charge >= 0.3 is 0 Å². The van der Waals surface area contributed by atoms with Gasteiger partial charge in [-0.3, -0.25) is 4.90 Å². The van der Waals surface area contributed by atoms with Crippen molar-refractivity contribution >= 4 is 0 Å². The molecule has 2 unspecified atom stereocenters. The highest BCUT2D eigenvalue weighted by Gasteiger charge is 2.31. The molecular formula is C14H28N2. The van der Waals surface area contributed by atoms with E-state index in [4.69, 9.17) is 5.73 Å². The lowest BCUT2D eigenvalue weighted by Crippen LogP contribution is -2.38. The number of rotatable bonds is 5. The third-order valence-corrected chi connectivity index (χ3v) is 3.98. The molecule has 2 saturated carbocycles. The first kappa shape index (κ1) is 12.4. The first-order valence-corrected chi connectivity index (χ1v) is 7.14. The number of nitrogens with zero attached hydrogens (tertiary/aromatic N) is 1. The van der Waals surface area contributed by atoms with Crippen molar-refractivity contribution < 1.29 is 0 Å². The third-order valence-electron chi connectivity index (χ3n) is 3.98. The van der Waals surface area contributed by atoms with Crippen molar-refractivity contribution in [1.29, 1.82) is 0 Å². The molecule has 0 spiro atoms. The van der Waals surface area contributed by atoms with Crippen molar-refractivity contribution in [2.75, 3.05) is 13.1 Å². The van der Waals surface area contributed by atoms with Crippen LogP contribution in [0.5, 0.6) is 0 Å². The lowest BCUT2D eigenvalue weighted by molar-refractivity contribution is 0.169. The highest BCUT2D eigenvalue weighted by atomic mass is 15.2. The molecule has 2 rings (SSSR count). The van der Waals surface area contributed by atoms with Gasteiger partial charge in [-0.05, 0) is 43.9 Å². The van der Waals surface area contributed by atoms with Gasteiger partial charge in [0.15, 0.2) is 0 Å². The highest BCUT2D eigenvalue weighted by Crippen LogP contribution is 2.31. The van der Waals surface area contributed by atoms with Crippen LogP contribution in [0.15, 0.2) is 0 Å². The number of hydrogen-bond acceptors (Lipinski definition) is 2. The largest absolute Gasteiger partial charge is 0.328 e. The van der Waals surface area contributed by atoms with Gasteiger partial charge < -0.3 is 5.73 Å². The van der Waals surface area contributed by atoms with Gasteiger partial charge in [-0.1, -0.05) is 20.3 Å². The van der Waals surface area contributed by atoms with E-state index >= 15 is 0 Å². The van der Waals surface area contributed by atoms with Crippen molar-refractivity contribution in [2.45, 2.75) is 64.5 Å². The Morgan fingerprint density at radius 3 is 2.50 bits per heavy atom. The normalized spacial score (nSPS) is 31.3. The lowest BCUT2D eigenvalue weighted by Gasteiger charge is -2.33. The van der Waals surface area contributed by atoms with Crippen LogP contribution in [0, 0.1) is 11.8 Å². The van der Waals surface area contributed by atoms with Gasteiger partial charge in [0.2, 0.25) is 0 Å². The molecule has 0 bridgehead atoms. The van der Waals surface area contributed by atoms with E-state index in [2.05, 4.69) is 18.7 Å². The fourth-order valence-corrected chi connectivity index (χ4v) is 3.11. The molecule has 0 saturated heterocycles. The molecule has 2 nitrogen and oxygen atoms in total. The van der Waals surface area contributed by atoms with Gasteiger partial charge in [-0.25, -0.2) is 0 Å². The summed E-state index contributed by atoms with van der Waals surface area (Å²) in [5, 5.41) is 0. The van der Waals surface area contributed by atoms with Crippen molar-refractivity contribution in [2.24, 2.45) is 17.6 Å². The minimum Gasteiger partial charge on any atom is -0.328 e. The Balaban J connectivity index is 1.79. The second kappa shape index (κ2) is 5.50. The summed E-state index contributed by atoms with van der Waals surface area (Å²) < 4.78 is 0. The van der Waals surface area contributed by atoms with E-state index in [-0.39, 0.29) is 0 Å². The van der Waals surface area contributed by atoms with Crippen LogP contribution in [0.4, 0.5) is 0 Å². The zero-order valence-corrected chi connectivity index (χ0v) is 11.0. The van der Waals surface area contributed by atoms with Crippen molar-refractivity contribution in [3.63, 3.8) is 0 Å². The molecule has 0 aromatic heterocycles. The summed E-state index contributed by atoms with van der Waals surface area (Å²) >= 11 is 0. The molecule has 2 atom stereocenters. The molecule has 94 valence electrons. The van der Waals surface area contributed by atoms with Crippen LogP contribution in [-0.2, 0) is 0 Å². The molecule has 2 aliphatic carbocycles. The Morgan fingerprint density at radius 2 is 1.94 bits per heavy atom. The van der Waals surface area contributed by atoms with Crippen LogP contribution in [0.2, 0.25) is 0 Å². The van der Waals surface area contributed by atoms with Gasteiger partial charge in [-0.2, -0.15) is 0 Å². The van der Waals surface area contributed by atoms with Gasteiger partial charge in [0.1, 0.15) is 0 Å². The third kappa shape index (κ3) is 3.74. The monoisotopic (exact) mass is 224 g/mol. The summed E-state index contributed by atoms with van der Waals surface area (Å²) in [5.41, 5.74) is 6.08. The van der Waals surface area contributed by atoms with E-state index in [1.54, 1.807) is 0 Å². The van der Waals surface area contributed by atoms with E-state index in [0.717, 1.165) is 17.9 Å². The topological polar surface area (TPSA) is 29.3 Å². The summed E-state index contributed by atoms with van der Waals surface area (Å²) in [4.78, 5) is 2.74. The average Bonchev–Trinajstić information content (AvgIpc) is 2.99. The van der Waals surface area contributed by atoms with Gasteiger partial charge in [-0.15, -0.1) is 0 Å². The summed E-state index contributed by atoms with van der Waals surface area (Å²) in [5.74, 6) is 1.68. The first-order chi connectivity index (χ1) is 7.65. The maximum Gasteiger partial charge on any atom is 0.00966 e. The van der Waals surface area contributed by atoms with Crippen LogP contribution in [0.25, 0.3) is 0 Å². The highest BCUT2D eigenvalue weighted by molar-refractivity contribution is 4.87. The Hall–Kier alpha value is -0.0800. The SMILES string of the molecule is CC(C)CN(CC1CCCC(N)C1)C1CC1. The van der Waals surface area contributed by atoms with Crippen molar-refractivity contribution in [3.05, 3.63) is 0 Å². The molecule has 2 heteroatoms. The molecule has 0 aromatic carbocycles. The van der Waals surface area contributed by atoms with E-state index in [1.807, 2.05) is 0 Å². The molecule has 0 heterocycles. The van der Waals surface area contributed by atoms with Gasteiger partial charge in [0.25, 0.3) is 0 Å². The fourth-order valence-electron chi connectivity index (χ4n) is 3.11. The zero-order chi connectivity index (χ0) is 11.5. The molecule has 0 amide bonds. The molecule has 2 N–H and O–H groups in total. The maximum atomic E-state index is 6.08. The second-order valence-electron chi connectivity index (χ2n) is 6.37. The summed E-state index contributed by atoms with van der Waals surface area (Å²) in [6.07, 6.45) is 8.16. The number of nitrogens with two attached hydrogens (primary N) is 1. The average molecular weight is 224 g/mol. The molecule has 2 fully saturated rings. The van der Waals surface area contributed by atoms with E-state index < -0.39 is 0 Å². The predicted molar refractivity (Wildman–Crippen MR) is 69.4 cm³/mol. The van der Waals surface area contributed by atoms with E-state index in [9.17, 15) is 0 Å². The second-order valence-corrected chi connectivity index (χ2v) is 6.37. The Morgan fingerprint density at radius 1 is 1.19 bits per heavy atom. The molecular weight excluding hydrogens is 196 g/mol. The maximum absolute atomic E-state index is 6.08. The Kier molecular flexibility index (Phi) is 4.26. The molecule has 0 aromatic rings. The fraction of sp³-hybridized carbons (Fsp3) is 1.00. The summed E-state index contributed by atoms with van der Waals surface area (Å²) in [7, 11) is 0.